The molecule has 0 radical (unpaired) electrons. The van der Waals surface area contributed by atoms with Crippen LogP contribution in [-0.2, 0) is 9.09 Å². The van der Waals surface area contributed by atoms with Crippen LogP contribution < -0.4 is 0 Å². The summed E-state index contributed by atoms with van der Waals surface area (Å²) in [7, 11) is -3.48. The van der Waals surface area contributed by atoms with Crippen molar-refractivity contribution in [2.24, 2.45) is 0 Å². The fourth-order valence-electron chi connectivity index (χ4n) is 2.07. The maximum atomic E-state index is 11.5. The first kappa shape index (κ1) is 20.5. The van der Waals surface area contributed by atoms with Gasteiger partial charge >= 0.3 is 7.60 Å². The molecule has 0 saturated heterocycles. The van der Waals surface area contributed by atoms with Crippen molar-refractivity contribution in [3.8, 4) is 0 Å². The van der Waals surface area contributed by atoms with E-state index in [1.54, 1.807) is 6.92 Å². The Morgan fingerprint density at radius 2 is 1.35 bits per heavy atom. The van der Waals surface area contributed by atoms with Crippen molar-refractivity contribution in [2.75, 3.05) is 6.61 Å². The van der Waals surface area contributed by atoms with Gasteiger partial charge in [-0.1, -0.05) is 71.1 Å². The molecule has 0 aromatic heterocycles. The summed E-state index contributed by atoms with van der Waals surface area (Å²) in [5.74, 6) is 0. The van der Waals surface area contributed by atoms with Gasteiger partial charge in [0.05, 0.1) is 6.61 Å². The number of thiol groups is 1. The number of rotatable bonds is 14. The summed E-state index contributed by atoms with van der Waals surface area (Å²) < 4.78 is 16.5. The highest BCUT2D eigenvalue weighted by Crippen LogP contribution is 2.48. The summed E-state index contributed by atoms with van der Waals surface area (Å²) in [5.41, 5.74) is 0. The Bertz CT molecular complexity index is 260. The van der Waals surface area contributed by atoms with Gasteiger partial charge in [-0.25, -0.2) is 0 Å². The van der Waals surface area contributed by atoms with Crippen LogP contribution in [-0.4, -0.2) is 16.5 Å². The largest absolute Gasteiger partial charge is 0.340 e. The molecular weight excluding hydrogens is 291 g/mol. The van der Waals surface area contributed by atoms with Crippen LogP contribution in [0.2, 0.25) is 0 Å². The normalized spacial score (nSPS) is 16.0. The molecule has 0 aromatic carbocycles. The zero-order valence-electron chi connectivity index (χ0n) is 13.2. The van der Waals surface area contributed by atoms with E-state index in [4.69, 9.17) is 4.52 Å². The van der Waals surface area contributed by atoms with E-state index in [2.05, 4.69) is 19.6 Å². The van der Waals surface area contributed by atoms with Crippen molar-refractivity contribution < 1.29 is 14.0 Å². The van der Waals surface area contributed by atoms with E-state index in [-0.39, 0.29) is 0 Å². The molecule has 0 rings (SSSR count). The molecule has 0 saturated carbocycles. The lowest BCUT2D eigenvalue weighted by Crippen LogP contribution is -2.00. The van der Waals surface area contributed by atoms with Crippen molar-refractivity contribution in [3.63, 3.8) is 0 Å². The monoisotopic (exact) mass is 324 g/mol. The van der Waals surface area contributed by atoms with Gasteiger partial charge in [0.2, 0.25) is 0 Å². The molecule has 20 heavy (non-hydrogen) atoms. The Balaban J connectivity index is 3.19. The van der Waals surface area contributed by atoms with Crippen LogP contribution in [0.15, 0.2) is 0 Å². The second-order valence-corrected chi connectivity index (χ2v) is 8.91. The summed E-state index contributed by atoms with van der Waals surface area (Å²) in [5, 5.41) is 0. The highest BCUT2D eigenvalue weighted by molar-refractivity contribution is 7.89. The van der Waals surface area contributed by atoms with E-state index >= 15 is 0 Å². The Labute approximate surface area is 130 Å². The maximum Gasteiger partial charge on any atom is 0.340 e. The van der Waals surface area contributed by atoms with Crippen LogP contribution in [0.1, 0.15) is 84.5 Å². The van der Waals surface area contributed by atoms with Crippen LogP contribution >= 0.6 is 20.2 Å². The Morgan fingerprint density at radius 1 is 0.950 bits per heavy atom. The lowest BCUT2D eigenvalue weighted by atomic mass is 10.1. The smallest absolute Gasteiger partial charge is 0.324 e. The highest BCUT2D eigenvalue weighted by Gasteiger charge is 2.24. The molecule has 122 valence electrons. The first-order chi connectivity index (χ1) is 9.50. The standard InChI is InChI=1S/C15H33O3PS/c1-3-4-5-6-7-8-9-10-11-12-13-14-18-19(16,17)15(2)20/h15,20H,3-14H2,1-2H3,(H,16,17). The minimum Gasteiger partial charge on any atom is -0.324 e. The molecule has 0 spiro atoms. The highest BCUT2D eigenvalue weighted by atomic mass is 32.1. The lowest BCUT2D eigenvalue weighted by Gasteiger charge is -2.14. The predicted molar refractivity (Wildman–Crippen MR) is 90.7 cm³/mol. The van der Waals surface area contributed by atoms with Crippen LogP contribution in [0, 0.1) is 0 Å². The molecule has 5 heteroatoms. The molecule has 1 N–H and O–H groups in total. The molecule has 0 aliphatic rings. The van der Waals surface area contributed by atoms with E-state index in [1.807, 2.05) is 0 Å². The lowest BCUT2D eigenvalue weighted by molar-refractivity contribution is 0.252. The van der Waals surface area contributed by atoms with Gasteiger partial charge in [-0.05, 0) is 13.3 Å². The minimum atomic E-state index is -3.48. The summed E-state index contributed by atoms with van der Waals surface area (Å²) >= 11 is 3.95. The molecule has 0 amide bonds. The zero-order chi connectivity index (χ0) is 15.3. The van der Waals surface area contributed by atoms with Crippen molar-refractivity contribution in [1.82, 2.24) is 0 Å². The molecule has 2 unspecified atom stereocenters. The van der Waals surface area contributed by atoms with Crippen molar-refractivity contribution in [3.05, 3.63) is 0 Å². The molecule has 0 aromatic rings. The summed E-state index contributed by atoms with van der Waals surface area (Å²) in [6, 6.07) is 0. The van der Waals surface area contributed by atoms with Crippen LogP contribution in [0.4, 0.5) is 0 Å². The van der Waals surface area contributed by atoms with Gasteiger partial charge in [0.15, 0.2) is 0 Å². The third kappa shape index (κ3) is 12.3. The van der Waals surface area contributed by atoms with Crippen LogP contribution in [0.5, 0.6) is 0 Å². The van der Waals surface area contributed by atoms with Gasteiger partial charge in [0.1, 0.15) is 4.99 Å². The Hall–Kier alpha value is 0.500. The van der Waals surface area contributed by atoms with Crippen molar-refractivity contribution in [2.45, 2.75) is 89.5 Å². The van der Waals surface area contributed by atoms with Gasteiger partial charge in [-0.15, -0.1) is 0 Å². The molecule has 2 atom stereocenters. The molecular formula is C15H33O3PS. The van der Waals surface area contributed by atoms with Gasteiger partial charge < -0.3 is 9.42 Å². The Kier molecular flexibility index (Phi) is 13.5. The summed E-state index contributed by atoms with van der Waals surface area (Å²) in [4.78, 5) is 8.81. The van der Waals surface area contributed by atoms with Crippen molar-refractivity contribution >= 4 is 20.2 Å². The van der Waals surface area contributed by atoms with Gasteiger partial charge in [-0.2, -0.15) is 12.6 Å². The molecule has 0 bridgehead atoms. The number of hydrogen-bond donors (Lipinski definition) is 2. The SMILES string of the molecule is CCCCCCCCCCCCCOP(=O)(O)C(C)S. The fourth-order valence-corrected chi connectivity index (χ4v) is 2.88. The average Bonchev–Trinajstić information content (AvgIpc) is 2.39. The van der Waals surface area contributed by atoms with E-state index < -0.39 is 12.6 Å². The predicted octanol–water partition coefficient (Wildman–Crippen LogP) is 5.78. The third-order valence-electron chi connectivity index (χ3n) is 3.50. The number of unbranched alkanes of at least 4 members (excludes halogenated alkanes) is 10. The van der Waals surface area contributed by atoms with Gasteiger partial charge in [-0.3, -0.25) is 4.57 Å². The second kappa shape index (κ2) is 13.2. The fraction of sp³-hybridized carbons (Fsp3) is 1.00. The molecule has 0 fully saturated rings. The topological polar surface area (TPSA) is 46.5 Å². The van der Waals surface area contributed by atoms with Crippen LogP contribution in [0.3, 0.4) is 0 Å². The first-order valence-corrected chi connectivity index (χ1v) is 10.3. The summed E-state index contributed by atoms with van der Waals surface area (Å²) in [6.45, 7) is 4.20. The maximum absolute atomic E-state index is 11.5. The molecule has 0 aliphatic heterocycles. The van der Waals surface area contributed by atoms with Crippen molar-refractivity contribution in [1.29, 1.82) is 0 Å². The second-order valence-electron chi connectivity index (χ2n) is 5.56. The average molecular weight is 324 g/mol. The minimum absolute atomic E-state index is 0.371. The number of hydrogen-bond acceptors (Lipinski definition) is 3. The zero-order valence-corrected chi connectivity index (χ0v) is 15.0. The van der Waals surface area contributed by atoms with E-state index in [9.17, 15) is 9.46 Å². The first-order valence-electron chi connectivity index (χ1n) is 8.15. The summed E-state index contributed by atoms with van der Waals surface area (Å²) in [6.07, 6.45) is 13.9. The van der Waals surface area contributed by atoms with E-state index in [1.165, 1.54) is 57.8 Å². The van der Waals surface area contributed by atoms with E-state index in [0.29, 0.717) is 6.61 Å². The van der Waals surface area contributed by atoms with Gasteiger partial charge in [0.25, 0.3) is 0 Å². The van der Waals surface area contributed by atoms with Gasteiger partial charge in [0, 0.05) is 0 Å². The molecule has 3 nitrogen and oxygen atoms in total. The molecule has 0 heterocycles. The quantitative estimate of drug-likeness (QED) is 0.242. The van der Waals surface area contributed by atoms with Crippen LogP contribution in [0.25, 0.3) is 0 Å². The van der Waals surface area contributed by atoms with E-state index in [0.717, 1.165) is 12.8 Å². The molecule has 0 aliphatic carbocycles. The Morgan fingerprint density at radius 3 is 1.75 bits per heavy atom. The third-order valence-corrected chi connectivity index (χ3v) is 5.87.